The molecule has 1 aromatic rings. The Balaban J connectivity index is 2.01. The fraction of sp³-hybridized carbons (Fsp3) is 0.444. The molecule has 0 unspecified atom stereocenters. The monoisotopic (exact) mass is 363 g/mol. The summed E-state index contributed by atoms with van der Waals surface area (Å²) in [5, 5.41) is 4.01. The lowest BCUT2D eigenvalue weighted by atomic mass is 10.2. The molecule has 0 aromatic heterocycles. The average Bonchev–Trinajstić information content (AvgIpc) is 2.62. The van der Waals surface area contributed by atoms with Crippen LogP contribution in [0.2, 0.25) is 5.02 Å². The first-order valence-electron chi connectivity index (χ1n) is 8.36. The number of aliphatic imine (C=N–C) groups is 1. The molecule has 0 radical (unpaired) electrons. The van der Waals surface area contributed by atoms with E-state index in [1.165, 1.54) is 0 Å². The zero-order chi connectivity index (χ0) is 18.2. The molecule has 1 aliphatic rings. The van der Waals surface area contributed by atoms with Crippen LogP contribution < -0.4 is 10.2 Å². The van der Waals surface area contributed by atoms with Gasteiger partial charge in [0.05, 0.1) is 10.7 Å². The quantitative estimate of drug-likeness (QED) is 0.491. The van der Waals surface area contributed by atoms with Crippen molar-refractivity contribution in [3.05, 3.63) is 41.9 Å². The maximum absolute atomic E-state index is 11.8. The van der Waals surface area contributed by atoms with Gasteiger partial charge in [-0.1, -0.05) is 29.8 Å². The second-order valence-electron chi connectivity index (χ2n) is 6.02. The summed E-state index contributed by atoms with van der Waals surface area (Å²) in [4.78, 5) is 22.3. The van der Waals surface area contributed by atoms with Gasteiger partial charge in [-0.15, -0.1) is 6.58 Å². The smallest absolute Gasteiger partial charge is 0.243 e. The number of halogens is 1. The molecule has 6 nitrogen and oxygen atoms in total. The van der Waals surface area contributed by atoms with E-state index in [2.05, 4.69) is 26.7 Å². The van der Waals surface area contributed by atoms with E-state index in [-0.39, 0.29) is 12.5 Å². The zero-order valence-corrected chi connectivity index (χ0v) is 15.7. The molecule has 7 heteroatoms. The van der Waals surface area contributed by atoms with Crippen LogP contribution in [-0.2, 0) is 4.79 Å². The number of hydrogen-bond acceptors (Lipinski definition) is 3. The molecule has 136 valence electrons. The molecule has 0 saturated carbocycles. The molecule has 1 saturated heterocycles. The predicted octanol–water partition coefficient (Wildman–Crippen LogP) is 1.68. The first-order valence-corrected chi connectivity index (χ1v) is 8.74. The van der Waals surface area contributed by atoms with Crippen LogP contribution in [0.3, 0.4) is 0 Å². The van der Waals surface area contributed by atoms with Crippen molar-refractivity contribution in [1.82, 2.24) is 15.1 Å². The fourth-order valence-electron chi connectivity index (χ4n) is 2.58. The van der Waals surface area contributed by atoms with E-state index in [0.717, 1.165) is 42.8 Å². The number of piperazine rings is 1. The molecule has 0 spiro atoms. The van der Waals surface area contributed by atoms with E-state index >= 15 is 0 Å². The van der Waals surface area contributed by atoms with Crippen LogP contribution in [0, 0.1) is 0 Å². The van der Waals surface area contributed by atoms with E-state index in [1.54, 1.807) is 25.1 Å². The Hall–Kier alpha value is -2.21. The van der Waals surface area contributed by atoms with E-state index < -0.39 is 0 Å². The van der Waals surface area contributed by atoms with Gasteiger partial charge < -0.3 is 20.0 Å². The molecule has 2 rings (SSSR count). The van der Waals surface area contributed by atoms with Crippen molar-refractivity contribution in [2.75, 3.05) is 58.3 Å². The number of amides is 1. The number of hydrogen-bond donors (Lipinski definition) is 1. The second kappa shape index (κ2) is 9.32. The normalized spacial score (nSPS) is 15.1. The second-order valence-corrected chi connectivity index (χ2v) is 6.43. The van der Waals surface area contributed by atoms with Gasteiger partial charge in [-0.05, 0) is 12.1 Å². The number of rotatable bonds is 5. The number of carbonyl (C=O) groups excluding carboxylic acids is 1. The van der Waals surface area contributed by atoms with Gasteiger partial charge >= 0.3 is 0 Å². The summed E-state index contributed by atoms with van der Waals surface area (Å²) >= 11 is 6.29. The van der Waals surface area contributed by atoms with Gasteiger partial charge in [0.25, 0.3) is 0 Å². The molecule has 1 N–H and O–H groups in total. The van der Waals surface area contributed by atoms with Crippen molar-refractivity contribution in [3.63, 3.8) is 0 Å². The molecule has 1 heterocycles. The van der Waals surface area contributed by atoms with Crippen LogP contribution in [0.1, 0.15) is 0 Å². The van der Waals surface area contributed by atoms with Crippen molar-refractivity contribution >= 4 is 29.2 Å². The van der Waals surface area contributed by atoms with Gasteiger partial charge in [-0.2, -0.15) is 0 Å². The molecule has 0 atom stereocenters. The minimum atomic E-state index is -0.0207. The number of likely N-dealkylation sites (N-methyl/N-ethyl adjacent to an activating group) is 1. The fourth-order valence-corrected chi connectivity index (χ4v) is 2.84. The van der Waals surface area contributed by atoms with Gasteiger partial charge in [0.1, 0.15) is 6.54 Å². The van der Waals surface area contributed by atoms with Crippen molar-refractivity contribution in [2.45, 2.75) is 0 Å². The first-order chi connectivity index (χ1) is 12.0. The number of guanidine groups is 1. The first kappa shape index (κ1) is 19.1. The Morgan fingerprint density at radius 2 is 2.00 bits per heavy atom. The topological polar surface area (TPSA) is 51.2 Å². The summed E-state index contributed by atoms with van der Waals surface area (Å²) in [6.07, 6.45) is 1.78. The highest BCUT2D eigenvalue weighted by atomic mass is 35.5. The minimum absolute atomic E-state index is 0.0207. The highest BCUT2D eigenvalue weighted by Crippen LogP contribution is 2.25. The molecule has 1 aromatic carbocycles. The average molecular weight is 364 g/mol. The maximum atomic E-state index is 11.8. The van der Waals surface area contributed by atoms with E-state index in [1.807, 2.05) is 24.3 Å². The number of nitrogens with one attached hydrogen (secondary N) is 1. The summed E-state index contributed by atoms with van der Waals surface area (Å²) in [5.74, 6) is 0.724. The molecule has 0 aliphatic carbocycles. The zero-order valence-electron chi connectivity index (χ0n) is 14.9. The molecular formula is C18H26ClN5O. The predicted molar refractivity (Wildman–Crippen MR) is 104 cm³/mol. The van der Waals surface area contributed by atoms with Crippen LogP contribution >= 0.6 is 11.6 Å². The molecule has 25 heavy (non-hydrogen) atoms. The highest BCUT2D eigenvalue weighted by molar-refractivity contribution is 6.33. The number of nitrogens with zero attached hydrogens (tertiary/aromatic N) is 4. The molecule has 1 fully saturated rings. The summed E-state index contributed by atoms with van der Waals surface area (Å²) in [7, 11) is 3.47. The molecular weight excluding hydrogens is 338 g/mol. The Kier molecular flexibility index (Phi) is 7.13. The summed E-state index contributed by atoms with van der Waals surface area (Å²) in [6.45, 7) is 7.79. The molecule has 1 amide bonds. The van der Waals surface area contributed by atoms with E-state index in [9.17, 15) is 4.79 Å². The van der Waals surface area contributed by atoms with Crippen molar-refractivity contribution in [3.8, 4) is 0 Å². The number of benzene rings is 1. The third-order valence-electron chi connectivity index (χ3n) is 4.04. The number of para-hydroxylation sites is 1. The van der Waals surface area contributed by atoms with Crippen molar-refractivity contribution in [2.24, 2.45) is 4.99 Å². The number of anilines is 1. The Morgan fingerprint density at radius 3 is 2.60 bits per heavy atom. The highest BCUT2D eigenvalue weighted by Gasteiger charge is 2.21. The number of carbonyl (C=O) groups is 1. The van der Waals surface area contributed by atoms with Gasteiger partial charge in [0.2, 0.25) is 5.91 Å². The third-order valence-corrected chi connectivity index (χ3v) is 4.36. The van der Waals surface area contributed by atoms with Gasteiger partial charge in [0, 0.05) is 46.8 Å². The van der Waals surface area contributed by atoms with Gasteiger partial charge in [-0.25, -0.2) is 4.99 Å². The molecule has 0 bridgehead atoms. The van der Waals surface area contributed by atoms with E-state index in [0.29, 0.717) is 6.54 Å². The summed E-state index contributed by atoms with van der Waals surface area (Å²) in [5.41, 5.74) is 1.06. The third kappa shape index (κ3) is 5.39. The minimum Gasteiger partial charge on any atom is -0.367 e. The lowest BCUT2D eigenvalue weighted by Crippen LogP contribution is -2.53. The largest absolute Gasteiger partial charge is 0.367 e. The van der Waals surface area contributed by atoms with Crippen molar-refractivity contribution < 1.29 is 4.79 Å². The van der Waals surface area contributed by atoms with E-state index in [4.69, 9.17) is 11.6 Å². The van der Waals surface area contributed by atoms with Crippen LogP contribution in [-0.4, -0.2) is 75.0 Å². The Bertz CT molecular complexity index is 624. The SMILES string of the molecule is C=CCNC(=NCC(=O)N(C)C)N1CCN(c2ccccc2Cl)CC1. The van der Waals surface area contributed by atoms with Crippen LogP contribution in [0.5, 0.6) is 0 Å². The maximum Gasteiger partial charge on any atom is 0.243 e. The van der Waals surface area contributed by atoms with Gasteiger partial charge in [0.15, 0.2) is 5.96 Å². The summed E-state index contributed by atoms with van der Waals surface area (Å²) < 4.78 is 0. The van der Waals surface area contributed by atoms with Crippen LogP contribution in [0.25, 0.3) is 0 Å². The lowest BCUT2D eigenvalue weighted by Gasteiger charge is -2.38. The lowest BCUT2D eigenvalue weighted by molar-refractivity contribution is -0.127. The van der Waals surface area contributed by atoms with Crippen molar-refractivity contribution in [1.29, 1.82) is 0 Å². The molecule has 1 aliphatic heterocycles. The Morgan fingerprint density at radius 1 is 1.32 bits per heavy atom. The summed E-state index contributed by atoms with van der Waals surface area (Å²) in [6, 6.07) is 7.89. The van der Waals surface area contributed by atoms with Gasteiger partial charge in [-0.3, -0.25) is 4.79 Å². The standard InChI is InChI=1S/C18H26ClN5O/c1-4-9-20-18(21-14-17(25)22(2)3)24-12-10-23(11-13-24)16-8-6-5-7-15(16)19/h4-8H,1,9-14H2,2-3H3,(H,20,21). The van der Waals surface area contributed by atoms with Crippen LogP contribution in [0.15, 0.2) is 41.9 Å². The van der Waals surface area contributed by atoms with Crippen LogP contribution in [0.4, 0.5) is 5.69 Å². The Labute approximate surface area is 154 Å².